The number of fused-ring (bicyclic) bond motifs is 1. The van der Waals surface area contributed by atoms with E-state index in [1.165, 1.54) is 12.8 Å². The van der Waals surface area contributed by atoms with Gasteiger partial charge in [0.05, 0.1) is 24.7 Å². The molecule has 0 aliphatic heterocycles. The molecule has 0 spiro atoms. The van der Waals surface area contributed by atoms with Crippen LogP contribution in [-0.4, -0.2) is 27.5 Å². The maximum absolute atomic E-state index is 13.6. The first-order chi connectivity index (χ1) is 15.7. The number of nitrogens with zero attached hydrogens (tertiary/aromatic N) is 3. The number of imidazole rings is 1. The van der Waals surface area contributed by atoms with Crippen molar-refractivity contribution in [2.24, 2.45) is 5.92 Å². The number of carbonyl (C=O) groups is 1. The van der Waals surface area contributed by atoms with Gasteiger partial charge < -0.3 is 14.2 Å². The van der Waals surface area contributed by atoms with E-state index in [2.05, 4.69) is 28.8 Å². The van der Waals surface area contributed by atoms with Crippen molar-refractivity contribution in [3.8, 4) is 5.75 Å². The Morgan fingerprint density at radius 2 is 1.78 bits per heavy atom. The molecule has 5 nitrogen and oxygen atoms in total. The molecule has 1 amide bonds. The second kappa shape index (κ2) is 8.87. The topological polar surface area (TPSA) is 47.4 Å². The van der Waals surface area contributed by atoms with Crippen molar-refractivity contribution in [2.45, 2.75) is 32.5 Å². The number of hydrogen-bond donors (Lipinski definition) is 0. The highest BCUT2D eigenvalue weighted by atomic mass is 16.5. The average Bonchev–Trinajstić information content (AvgIpc) is 3.60. The Labute approximate surface area is 188 Å². The molecule has 32 heavy (non-hydrogen) atoms. The molecule has 1 fully saturated rings. The van der Waals surface area contributed by atoms with Crippen molar-refractivity contribution in [1.82, 2.24) is 14.5 Å². The summed E-state index contributed by atoms with van der Waals surface area (Å²) in [7, 11) is 1.62. The van der Waals surface area contributed by atoms with Crippen LogP contribution in [0.25, 0.3) is 11.0 Å². The molecule has 1 saturated carbocycles. The average molecular weight is 426 g/mol. The maximum Gasteiger partial charge on any atom is 0.254 e. The molecule has 0 atom stereocenters. The van der Waals surface area contributed by atoms with Gasteiger partial charge in [0.2, 0.25) is 0 Å². The first-order valence-corrected chi connectivity index (χ1v) is 11.1. The van der Waals surface area contributed by atoms with E-state index in [0.29, 0.717) is 30.3 Å². The van der Waals surface area contributed by atoms with Crippen LogP contribution in [0.3, 0.4) is 0 Å². The molecule has 5 heteroatoms. The summed E-state index contributed by atoms with van der Waals surface area (Å²) in [5.74, 6) is 2.29. The first-order valence-electron chi connectivity index (χ1n) is 11.1. The largest absolute Gasteiger partial charge is 0.497 e. The minimum atomic E-state index is -0.0298. The van der Waals surface area contributed by atoms with E-state index in [4.69, 9.17) is 9.72 Å². The lowest BCUT2D eigenvalue weighted by Crippen LogP contribution is -2.31. The molecule has 0 bridgehead atoms. The van der Waals surface area contributed by atoms with Crippen molar-refractivity contribution in [3.05, 3.63) is 95.8 Å². The van der Waals surface area contributed by atoms with E-state index in [1.807, 2.05) is 53.4 Å². The lowest BCUT2D eigenvalue weighted by molar-refractivity contribution is 0.0723. The Hall–Kier alpha value is -3.60. The third kappa shape index (κ3) is 4.37. The van der Waals surface area contributed by atoms with Gasteiger partial charge in [-0.15, -0.1) is 0 Å². The molecule has 5 rings (SSSR count). The molecular formula is C27H27N3O2. The number of para-hydroxylation sites is 2. The summed E-state index contributed by atoms with van der Waals surface area (Å²) in [6, 6.07) is 25.7. The highest BCUT2D eigenvalue weighted by Gasteiger charge is 2.26. The summed E-state index contributed by atoms with van der Waals surface area (Å²) in [6.07, 6.45) is 2.53. The SMILES string of the molecule is COc1cccc(C(=O)N(Cc2ccccc2)Cc2nc3ccccc3n2CC2CC2)c1. The van der Waals surface area contributed by atoms with Crippen LogP contribution in [0.5, 0.6) is 5.75 Å². The molecule has 0 saturated heterocycles. The van der Waals surface area contributed by atoms with E-state index < -0.39 is 0 Å². The Bertz CT molecular complexity index is 1230. The second-order valence-electron chi connectivity index (χ2n) is 8.45. The number of benzene rings is 3. The molecule has 4 aromatic rings. The van der Waals surface area contributed by atoms with Crippen LogP contribution >= 0.6 is 0 Å². The quantitative estimate of drug-likeness (QED) is 0.385. The van der Waals surface area contributed by atoms with Gasteiger partial charge in [0.15, 0.2) is 0 Å². The van der Waals surface area contributed by atoms with E-state index in [-0.39, 0.29) is 5.91 Å². The van der Waals surface area contributed by atoms with Crippen LogP contribution in [0.15, 0.2) is 78.9 Å². The molecule has 3 aromatic carbocycles. The normalized spacial score (nSPS) is 13.3. The summed E-state index contributed by atoms with van der Waals surface area (Å²) in [5, 5.41) is 0. The number of ether oxygens (including phenoxy) is 1. The van der Waals surface area contributed by atoms with Crippen LogP contribution in [0.4, 0.5) is 0 Å². The summed E-state index contributed by atoms with van der Waals surface area (Å²) in [5.41, 5.74) is 3.83. The zero-order chi connectivity index (χ0) is 21.9. The fourth-order valence-electron chi connectivity index (χ4n) is 4.12. The highest BCUT2D eigenvalue weighted by molar-refractivity contribution is 5.94. The molecule has 0 unspecified atom stereocenters. The van der Waals surface area contributed by atoms with Crippen LogP contribution in [0.1, 0.15) is 34.6 Å². The van der Waals surface area contributed by atoms with Gasteiger partial charge in [0.1, 0.15) is 11.6 Å². The highest BCUT2D eigenvalue weighted by Crippen LogP contribution is 2.33. The Morgan fingerprint density at radius 1 is 1.00 bits per heavy atom. The number of rotatable bonds is 8. The standard InChI is InChI=1S/C27H27N3O2/c1-32-23-11-7-10-22(16-23)27(31)29(17-20-8-3-2-4-9-20)19-26-28-24-12-5-6-13-25(24)30(26)18-21-14-15-21/h2-13,16,21H,14-15,17-19H2,1H3. The van der Waals surface area contributed by atoms with Crippen molar-refractivity contribution < 1.29 is 9.53 Å². The van der Waals surface area contributed by atoms with Crippen LogP contribution in [-0.2, 0) is 19.6 Å². The van der Waals surface area contributed by atoms with Crippen molar-refractivity contribution in [1.29, 1.82) is 0 Å². The van der Waals surface area contributed by atoms with Gasteiger partial charge in [-0.1, -0.05) is 48.5 Å². The smallest absolute Gasteiger partial charge is 0.254 e. The molecular weight excluding hydrogens is 398 g/mol. The Morgan fingerprint density at radius 3 is 2.56 bits per heavy atom. The fourth-order valence-corrected chi connectivity index (χ4v) is 4.12. The maximum atomic E-state index is 13.6. The van der Waals surface area contributed by atoms with Gasteiger partial charge in [-0.2, -0.15) is 0 Å². The molecule has 0 N–H and O–H groups in total. The van der Waals surface area contributed by atoms with Crippen LogP contribution < -0.4 is 4.74 Å². The summed E-state index contributed by atoms with van der Waals surface area (Å²) in [6.45, 7) is 1.93. The van der Waals surface area contributed by atoms with Crippen molar-refractivity contribution in [2.75, 3.05) is 7.11 Å². The van der Waals surface area contributed by atoms with Crippen LogP contribution in [0.2, 0.25) is 0 Å². The van der Waals surface area contributed by atoms with E-state index in [9.17, 15) is 4.79 Å². The monoisotopic (exact) mass is 425 g/mol. The van der Waals surface area contributed by atoms with Gasteiger partial charge in [-0.25, -0.2) is 4.98 Å². The number of carbonyl (C=O) groups excluding carboxylic acids is 1. The second-order valence-corrected chi connectivity index (χ2v) is 8.45. The van der Waals surface area contributed by atoms with Gasteiger partial charge in [-0.05, 0) is 54.7 Å². The molecule has 1 heterocycles. The van der Waals surface area contributed by atoms with Crippen molar-refractivity contribution in [3.63, 3.8) is 0 Å². The Kier molecular flexibility index (Phi) is 5.63. The molecule has 1 aromatic heterocycles. The van der Waals surface area contributed by atoms with Gasteiger partial charge >= 0.3 is 0 Å². The third-order valence-electron chi connectivity index (χ3n) is 6.02. The number of hydrogen-bond acceptors (Lipinski definition) is 3. The van der Waals surface area contributed by atoms with Gasteiger partial charge in [0, 0.05) is 18.7 Å². The minimum Gasteiger partial charge on any atom is -0.497 e. The summed E-state index contributed by atoms with van der Waals surface area (Å²) in [4.78, 5) is 20.4. The van der Waals surface area contributed by atoms with Gasteiger partial charge in [-0.3, -0.25) is 4.79 Å². The lowest BCUT2D eigenvalue weighted by atomic mass is 10.1. The summed E-state index contributed by atoms with van der Waals surface area (Å²) < 4.78 is 7.65. The minimum absolute atomic E-state index is 0.0298. The molecule has 162 valence electrons. The lowest BCUT2D eigenvalue weighted by Gasteiger charge is -2.23. The first kappa shape index (κ1) is 20.3. The van der Waals surface area contributed by atoms with E-state index >= 15 is 0 Å². The third-order valence-corrected chi connectivity index (χ3v) is 6.02. The zero-order valence-corrected chi connectivity index (χ0v) is 18.3. The summed E-state index contributed by atoms with van der Waals surface area (Å²) >= 11 is 0. The number of methoxy groups -OCH3 is 1. The number of aromatic nitrogens is 2. The molecule has 1 aliphatic rings. The number of amides is 1. The Balaban J connectivity index is 1.51. The fraction of sp³-hybridized carbons (Fsp3) is 0.259. The van der Waals surface area contributed by atoms with Crippen molar-refractivity contribution >= 4 is 16.9 Å². The van der Waals surface area contributed by atoms with Crippen LogP contribution in [0, 0.1) is 5.92 Å². The van der Waals surface area contributed by atoms with E-state index in [1.54, 1.807) is 13.2 Å². The predicted octanol–water partition coefficient (Wildman–Crippen LogP) is 5.30. The van der Waals surface area contributed by atoms with E-state index in [0.717, 1.165) is 29.0 Å². The zero-order valence-electron chi connectivity index (χ0n) is 18.3. The molecule has 0 radical (unpaired) electrons. The predicted molar refractivity (Wildman–Crippen MR) is 125 cm³/mol. The van der Waals surface area contributed by atoms with Gasteiger partial charge in [0.25, 0.3) is 5.91 Å². The molecule has 1 aliphatic carbocycles.